The fourth-order valence-electron chi connectivity index (χ4n) is 3.08. The average molecular weight is 356 g/mol. The van der Waals surface area contributed by atoms with E-state index in [-0.39, 0.29) is 10.8 Å². The van der Waals surface area contributed by atoms with E-state index in [1.54, 1.807) is 18.5 Å². The summed E-state index contributed by atoms with van der Waals surface area (Å²) in [6.45, 7) is 10.3. The van der Waals surface area contributed by atoms with Crippen LogP contribution in [-0.2, 0) is 5.41 Å². The van der Waals surface area contributed by atoms with Crippen molar-refractivity contribution in [1.82, 2.24) is 15.0 Å². The zero-order valence-corrected chi connectivity index (χ0v) is 15.9. The minimum atomic E-state index is -0.0726. The highest BCUT2D eigenvalue weighted by atomic mass is 35.5. The molecule has 5 heteroatoms. The lowest BCUT2D eigenvalue weighted by molar-refractivity contribution is 0.590. The topological polar surface area (TPSA) is 61.5 Å². The lowest BCUT2D eigenvalue weighted by atomic mass is 9.85. The van der Waals surface area contributed by atoms with Gasteiger partial charge in [0.25, 0.3) is 0 Å². The van der Waals surface area contributed by atoms with Crippen molar-refractivity contribution in [1.29, 1.82) is 0 Å². The number of halogens is 1. The van der Waals surface area contributed by atoms with Crippen molar-refractivity contribution in [3.8, 4) is 22.6 Å². The van der Waals surface area contributed by atoms with Crippen LogP contribution < -0.4 is 5.43 Å². The summed E-state index contributed by atoms with van der Waals surface area (Å²) in [6.07, 6.45) is 3.34. The number of rotatable bonds is 2. The smallest absolute Gasteiger partial charge is 0.193 e. The Morgan fingerprint density at radius 1 is 1.12 bits per heavy atom. The quantitative estimate of drug-likeness (QED) is 0.679. The molecule has 25 heavy (non-hydrogen) atoms. The summed E-state index contributed by atoms with van der Waals surface area (Å²) in [5, 5.41) is 0.710. The highest BCUT2D eigenvalue weighted by molar-refractivity contribution is 6.31. The van der Waals surface area contributed by atoms with E-state index in [2.05, 4.69) is 41.8 Å². The van der Waals surface area contributed by atoms with Gasteiger partial charge in [-0.05, 0) is 36.5 Å². The summed E-state index contributed by atoms with van der Waals surface area (Å²) >= 11 is 6.52. The summed E-state index contributed by atoms with van der Waals surface area (Å²) in [5.41, 5.74) is 5.10. The Bertz CT molecular complexity index is 979. The average Bonchev–Trinajstić information content (AvgIpc) is 3.01. The number of benzene rings is 1. The van der Waals surface area contributed by atoms with E-state index in [4.69, 9.17) is 11.6 Å². The Labute approximate surface area is 152 Å². The first-order valence-electron chi connectivity index (χ1n) is 8.23. The van der Waals surface area contributed by atoms with Gasteiger partial charge in [-0.1, -0.05) is 38.4 Å². The number of imidazole rings is 1. The summed E-state index contributed by atoms with van der Waals surface area (Å²) < 4.78 is 0. The summed E-state index contributed by atoms with van der Waals surface area (Å²) in [6, 6.07) is 5.65. The SMILES string of the molecule is Cc1cc(C(C)(C)C)c(Cl)cc1-c1cc(=O)c(-c2ncc[nH]2)c(C)[nH]1. The molecule has 1 aromatic carbocycles. The molecule has 0 aliphatic heterocycles. The highest BCUT2D eigenvalue weighted by Gasteiger charge is 2.20. The number of nitrogens with zero attached hydrogens (tertiary/aromatic N) is 1. The molecule has 0 saturated heterocycles. The Kier molecular flexibility index (Phi) is 4.33. The van der Waals surface area contributed by atoms with Crippen molar-refractivity contribution < 1.29 is 0 Å². The predicted octanol–water partition coefficient (Wildman–Crippen LogP) is 5.00. The Hall–Kier alpha value is -2.33. The van der Waals surface area contributed by atoms with Crippen molar-refractivity contribution in [2.45, 2.75) is 40.0 Å². The van der Waals surface area contributed by atoms with Crippen molar-refractivity contribution in [3.05, 3.63) is 62.7 Å². The third-order valence-corrected chi connectivity index (χ3v) is 4.68. The second-order valence-corrected chi connectivity index (χ2v) is 7.79. The first kappa shape index (κ1) is 17.5. The number of hydrogen-bond donors (Lipinski definition) is 2. The fourth-order valence-corrected chi connectivity index (χ4v) is 3.52. The highest BCUT2D eigenvalue weighted by Crippen LogP contribution is 2.35. The van der Waals surface area contributed by atoms with Crippen molar-refractivity contribution in [2.75, 3.05) is 0 Å². The molecule has 0 aliphatic carbocycles. The van der Waals surface area contributed by atoms with Crippen LogP contribution in [0.5, 0.6) is 0 Å². The van der Waals surface area contributed by atoms with E-state index in [1.807, 2.05) is 19.9 Å². The summed E-state index contributed by atoms with van der Waals surface area (Å²) in [7, 11) is 0. The molecule has 0 aliphatic rings. The monoisotopic (exact) mass is 355 g/mol. The lowest BCUT2D eigenvalue weighted by Gasteiger charge is -2.22. The van der Waals surface area contributed by atoms with Crippen LogP contribution in [0.1, 0.15) is 37.6 Å². The van der Waals surface area contributed by atoms with Crippen molar-refractivity contribution in [2.24, 2.45) is 0 Å². The van der Waals surface area contributed by atoms with E-state index in [9.17, 15) is 4.79 Å². The van der Waals surface area contributed by atoms with Crippen LogP contribution in [0.2, 0.25) is 5.02 Å². The number of pyridine rings is 1. The molecule has 0 atom stereocenters. The maximum Gasteiger partial charge on any atom is 0.193 e. The van der Waals surface area contributed by atoms with Gasteiger partial charge in [0.15, 0.2) is 5.43 Å². The number of hydrogen-bond acceptors (Lipinski definition) is 2. The van der Waals surface area contributed by atoms with Crippen LogP contribution in [0, 0.1) is 13.8 Å². The third kappa shape index (κ3) is 3.27. The van der Waals surface area contributed by atoms with Crippen LogP contribution in [0.15, 0.2) is 35.4 Å². The van der Waals surface area contributed by atoms with Gasteiger partial charge in [0.05, 0.1) is 5.56 Å². The van der Waals surface area contributed by atoms with E-state index < -0.39 is 0 Å². The van der Waals surface area contributed by atoms with Crippen LogP contribution in [0.4, 0.5) is 0 Å². The molecule has 0 saturated carbocycles. The summed E-state index contributed by atoms with van der Waals surface area (Å²) in [5.74, 6) is 0.572. The Morgan fingerprint density at radius 3 is 2.40 bits per heavy atom. The number of aromatic nitrogens is 3. The van der Waals surface area contributed by atoms with E-state index in [0.717, 1.165) is 28.1 Å². The molecule has 130 valence electrons. The molecule has 4 nitrogen and oxygen atoms in total. The second kappa shape index (κ2) is 6.19. The maximum atomic E-state index is 12.6. The summed E-state index contributed by atoms with van der Waals surface area (Å²) in [4.78, 5) is 23.1. The zero-order chi connectivity index (χ0) is 18.4. The van der Waals surface area contributed by atoms with E-state index in [1.165, 1.54) is 0 Å². The normalized spacial score (nSPS) is 11.8. The molecule has 2 aromatic heterocycles. The molecular weight excluding hydrogens is 334 g/mol. The van der Waals surface area contributed by atoms with Gasteiger partial charge in [0.2, 0.25) is 0 Å². The van der Waals surface area contributed by atoms with Gasteiger partial charge in [0, 0.05) is 40.4 Å². The van der Waals surface area contributed by atoms with Crippen LogP contribution in [0.3, 0.4) is 0 Å². The minimum absolute atomic E-state index is 0.0349. The zero-order valence-electron chi connectivity index (χ0n) is 15.1. The number of nitrogens with one attached hydrogen (secondary N) is 2. The maximum absolute atomic E-state index is 12.6. The molecule has 3 aromatic rings. The van der Waals surface area contributed by atoms with E-state index >= 15 is 0 Å². The fraction of sp³-hybridized carbons (Fsp3) is 0.300. The number of aryl methyl sites for hydroxylation is 2. The van der Waals surface area contributed by atoms with Gasteiger partial charge < -0.3 is 9.97 Å². The Morgan fingerprint density at radius 2 is 1.84 bits per heavy atom. The molecule has 0 unspecified atom stereocenters. The van der Waals surface area contributed by atoms with Crippen LogP contribution in [0.25, 0.3) is 22.6 Å². The largest absolute Gasteiger partial charge is 0.358 e. The van der Waals surface area contributed by atoms with E-state index in [0.29, 0.717) is 16.4 Å². The molecule has 0 spiro atoms. The van der Waals surface area contributed by atoms with Crippen molar-refractivity contribution in [3.63, 3.8) is 0 Å². The first-order chi connectivity index (χ1) is 11.7. The molecule has 2 N–H and O–H groups in total. The molecular formula is C20H22ClN3O. The van der Waals surface area contributed by atoms with Crippen LogP contribution >= 0.6 is 11.6 Å². The third-order valence-electron chi connectivity index (χ3n) is 4.37. The molecule has 0 fully saturated rings. The molecule has 0 amide bonds. The molecule has 0 bridgehead atoms. The van der Waals surface area contributed by atoms with Crippen LogP contribution in [-0.4, -0.2) is 15.0 Å². The number of aromatic amines is 2. The van der Waals surface area contributed by atoms with Crippen molar-refractivity contribution >= 4 is 11.6 Å². The van der Waals surface area contributed by atoms with Gasteiger partial charge >= 0.3 is 0 Å². The number of H-pyrrole nitrogens is 2. The lowest BCUT2D eigenvalue weighted by Crippen LogP contribution is -2.13. The van der Waals surface area contributed by atoms with Gasteiger partial charge in [-0.25, -0.2) is 4.98 Å². The van der Waals surface area contributed by atoms with Gasteiger partial charge in [-0.2, -0.15) is 0 Å². The van der Waals surface area contributed by atoms with Gasteiger partial charge in [0.1, 0.15) is 5.82 Å². The second-order valence-electron chi connectivity index (χ2n) is 7.38. The van der Waals surface area contributed by atoms with Gasteiger partial charge in [-0.15, -0.1) is 0 Å². The molecule has 0 radical (unpaired) electrons. The van der Waals surface area contributed by atoms with Gasteiger partial charge in [-0.3, -0.25) is 4.79 Å². The predicted molar refractivity (Wildman–Crippen MR) is 103 cm³/mol. The minimum Gasteiger partial charge on any atom is -0.358 e. The molecule has 2 heterocycles. The standard InChI is InChI=1S/C20H22ClN3O/c1-11-8-14(20(3,4)5)15(21)9-13(11)16-10-17(25)18(12(2)24-16)19-22-6-7-23-19/h6-10H,1-5H3,(H,22,23)(H,24,25). The molecule has 3 rings (SSSR count). The Balaban J connectivity index is 2.15. The first-order valence-corrected chi connectivity index (χ1v) is 8.61.